The fraction of sp³-hybridized carbons (Fsp3) is 0.450. The lowest BCUT2D eigenvalue weighted by atomic mass is 9.92. The normalized spacial score (nSPS) is 22.1. The number of aliphatic hydroxyl groups is 3. The van der Waals surface area contributed by atoms with Crippen LogP contribution in [-0.2, 0) is 20.9 Å². The van der Waals surface area contributed by atoms with Crippen molar-refractivity contribution in [1.82, 2.24) is 10.2 Å². The summed E-state index contributed by atoms with van der Waals surface area (Å²) in [6, 6.07) is 3.51. The van der Waals surface area contributed by atoms with Crippen LogP contribution in [0.25, 0.3) is 0 Å². The highest BCUT2D eigenvalue weighted by molar-refractivity contribution is 5.91. The van der Waals surface area contributed by atoms with Gasteiger partial charge in [-0.3, -0.25) is 9.59 Å². The average Bonchev–Trinajstić information content (AvgIpc) is 2.74. The molecular weight excluding hydrogens is 425 g/mol. The summed E-state index contributed by atoms with van der Waals surface area (Å²) in [6.45, 7) is 0.548. The van der Waals surface area contributed by atoms with Crippen molar-refractivity contribution in [2.75, 3.05) is 13.7 Å². The quantitative estimate of drug-likeness (QED) is 0.191. The van der Waals surface area contributed by atoms with Gasteiger partial charge in [-0.25, -0.2) is 9.38 Å². The molecule has 1 heterocycles. The van der Waals surface area contributed by atoms with Gasteiger partial charge >= 0.3 is 0 Å². The first kappa shape index (κ1) is 25.0. The van der Waals surface area contributed by atoms with Gasteiger partial charge < -0.3 is 41.7 Å². The predicted molar refractivity (Wildman–Crippen MR) is 112 cm³/mol. The molecule has 0 spiro atoms. The van der Waals surface area contributed by atoms with Crippen LogP contribution in [0.1, 0.15) is 12.5 Å². The Morgan fingerprint density at radius 1 is 1.28 bits per heavy atom. The Bertz CT molecular complexity index is 874. The van der Waals surface area contributed by atoms with Crippen molar-refractivity contribution in [2.24, 2.45) is 16.5 Å². The van der Waals surface area contributed by atoms with Crippen LogP contribution < -0.4 is 16.8 Å². The van der Waals surface area contributed by atoms with Crippen LogP contribution in [0.15, 0.2) is 41.1 Å². The highest BCUT2D eigenvalue weighted by atomic mass is 19.1. The van der Waals surface area contributed by atoms with Crippen LogP contribution in [0.4, 0.5) is 4.39 Å². The van der Waals surface area contributed by atoms with Crippen LogP contribution in [-0.4, -0.2) is 82.0 Å². The van der Waals surface area contributed by atoms with E-state index in [-0.39, 0.29) is 18.3 Å². The molecule has 0 radical (unpaired) electrons. The first-order chi connectivity index (χ1) is 15.0. The highest BCUT2D eigenvalue weighted by Crippen LogP contribution is 2.26. The van der Waals surface area contributed by atoms with Crippen LogP contribution in [0, 0.1) is 5.82 Å². The summed E-state index contributed by atoms with van der Waals surface area (Å²) in [5, 5.41) is 32.2. The number of nitrogens with zero attached hydrogens (tertiary/aromatic N) is 2. The summed E-state index contributed by atoms with van der Waals surface area (Å²) in [5.41, 5.74) is 11.6. The van der Waals surface area contributed by atoms with E-state index in [0.717, 1.165) is 0 Å². The summed E-state index contributed by atoms with van der Waals surface area (Å²) in [5.74, 6) is -2.10. The number of hydrogen-bond acceptors (Lipinski definition) is 7. The summed E-state index contributed by atoms with van der Waals surface area (Å²) in [6.07, 6.45) is -3.38. The number of hydrogen-bond donors (Lipinski definition) is 6. The number of halogens is 1. The SMILES string of the molecule is CC(=O)N[C@H]1[C@H]([C@H](O)[C@H](O)CO)OC(C(=O)N(C)Cc2ccc(F)cc2)=C[C@@H]1N=C(N)N. The van der Waals surface area contributed by atoms with Gasteiger partial charge in [0.15, 0.2) is 11.7 Å². The Balaban J connectivity index is 2.37. The number of benzene rings is 1. The summed E-state index contributed by atoms with van der Waals surface area (Å²) in [7, 11) is 1.49. The third-order valence-corrected chi connectivity index (χ3v) is 4.78. The van der Waals surface area contributed by atoms with E-state index in [9.17, 15) is 29.3 Å². The van der Waals surface area contributed by atoms with Crippen molar-refractivity contribution in [1.29, 1.82) is 0 Å². The van der Waals surface area contributed by atoms with Gasteiger partial charge in [0, 0.05) is 20.5 Å². The van der Waals surface area contributed by atoms with Gasteiger partial charge in [-0.1, -0.05) is 12.1 Å². The van der Waals surface area contributed by atoms with Crippen molar-refractivity contribution in [3.05, 3.63) is 47.5 Å². The zero-order valence-corrected chi connectivity index (χ0v) is 17.7. The Morgan fingerprint density at radius 3 is 2.44 bits per heavy atom. The first-order valence-electron chi connectivity index (χ1n) is 9.74. The van der Waals surface area contributed by atoms with Crippen molar-refractivity contribution < 1.29 is 34.0 Å². The molecule has 2 rings (SSSR count). The van der Waals surface area contributed by atoms with E-state index in [1.165, 1.54) is 49.2 Å². The molecule has 1 aromatic carbocycles. The van der Waals surface area contributed by atoms with Gasteiger partial charge in [0.25, 0.3) is 5.91 Å². The molecule has 2 amide bonds. The molecule has 8 N–H and O–H groups in total. The molecular formula is C20H28FN5O6. The van der Waals surface area contributed by atoms with E-state index >= 15 is 0 Å². The Kier molecular flexibility index (Phi) is 8.52. The number of carbonyl (C=O) groups excluding carboxylic acids is 2. The molecule has 1 aliphatic heterocycles. The molecule has 0 saturated heterocycles. The lowest BCUT2D eigenvalue weighted by molar-refractivity contribution is -0.140. The molecule has 1 aromatic rings. The van der Waals surface area contributed by atoms with E-state index in [0.29, 0.717) is 5.56 Å². The fourth-order valence-corrected chi connectivity index (χ4v) is 3.26. The number of carbonyl (C=O) groups is 2. The number of guanidine groups is 1. The average molecular weight is 453 g/mol. The molecule has 1 aliphatic rings. The number of nitrogens with one attached hydrogen (secondary N) is 1. The Morgan fingerprint density at radius 2 is 1.91 bits per heavy atom. The lowest BCUT2D eigenvalue weighted by Crippen LogP contribution is -2.60. The van der Waals surface area contributed by atoms with Crippen molar-refractivity contribution in [3.63, 3.8) is 0 Å². The third-order valence-electron chi connectivity index (χ3n) is 4.78. The molecule has 0 aromatic heterocycles. The second-order valence-corrected chi connectivity index (χ2v) is 7.41. The molecule has 0 bridgehead atoms. The fourth-order valence-electron chi connectivity index (χ4n) is 3.26. The maximum atomic E-state index is 13.1. The van der Waals surface area contributed by atoms with Gasteiger partial charge in [-0.05, 0) is 23.8 Å². The van der Waals surface area contributed by atoms with Crippen LogP contribution in [0.2, 0.25) is 0 Å². The van der Waals surface area contributed by atoms with Gasteiger partial charge in [0.05, 0.1) is 18.7 Å². The van der Waals surface area contributed by atoms with E-state index in [4.69, 9.17) is 16.2 Å². The maximum absolute atomic E-state index is 13.1. The van der Waals surface area contributed by atoms with Crippen LogP contribution in [0.3, 0.4) is 0 Å². The predicted octanol–water partition coefficient (Wildman–Crippen LogP) is -2.07. The minimum Gasteiger partial charge on any atom is -0.480 e. The molecule has 0 unspecified atom stereocenters. The molecule has 5 atom stereocenters. The van der Waals surface area contributed by atoms with Gasteiger partial charge in [-0.2, -0.15) is 0 Å². The lowest BCUT2D eigenvalue weighted by Gasteiger charge is -2.39. The van der Waals surface area contributed by atoms with E-state index in [2.05, 4.69) is 10.3 Å². The van der Waals surface area contributed by atoms with E-state index in [1.807, 2.05) is 0 Å². The minimum absolute atomic E-state index is 0.119. The van der Waals surface area contributed by atoms with E-state index in [1.54, 1.807) is 0 Å². The topological polar surface area (TPSA) is 184 Å². The molecule has 176 valence electrons. The minimum atomic E-state index is -1.69. The van der Waals surface area contributed by atoms with E-state index < -0.39 is 54.6 Å². The zero-order valence-electron chi connectivity index (χ0n) is 17.7. The summed E-state index contributed by atoms with van der Waals surface area (Å²) >= 11 is 0. The van der Waals surface area contributed by atoms with Gasteiger partial charge in [0.2, 0.25) is 5.91 Å². The molecule has 32 heavy (non-hydrogen) atoms. The third kappa shape index (κ3) is 6.39. The van der Waals surface area contributed by atoms with Crippen LogP contribution >= 0.6 is 0 Å². The number of nitrogens with two attached hydrogens (primary N) is 2. The van der Waals surface area contributed by atoms with Crippen molar-refractivity contribution in [2.45, 2.75) is 43.9 Å². The maximum Gasteiger partial charge on any atom is 0.288 e. The first-order valence-corrected chi connectivity index (χ1v) is 9.74. The van der Waals surface area contributed by atoms with Gasteiger partial charge in [0.1, 0.15) is 24.1 Å². The largest absolute Gasteiger partial charge is 0.480 e. The monoisotopic (exact) mass is 453 g/mol. The number of ether oxygens (including phenoxy) is 1. The summed E-state index contributed by atoms with van der Waals surface area (Å²) < 4.78 is 18.8. The van der Waals surface area contributed by atoms with Gasteiger partial charge in [-0.15, -0.1) is 0 Å². The second-order valence-electron chi connectivity index (χ2n) is 7.41. The molecule has 0 fully saturated rings. The number of rotatable bonds is 8. The molecule has 0 aliphatic carbocycles. The van der Waals surface area contributed by atoms with Crippen molar-refractivity contribution >= 4 is 17.8 Å². The Labute approximate surface area is 184 Å². The second kappa shape index (κ2) is 10.9. The summed E-state index contributed by atoms with van der Waals surface area (Å²) in [4.78, 5) is 30.0. The smallest absolute Gasteiger partial charge is 0.288 e. The molecule has 11 nitrogen and oxygen atoms in total. The number of aliphatic hydroxyl groups excluding tert-OH is 3. The number of amides is 2. The molecule has 0 saturated carbocycles. The standard InChI is InChI=1S/C20H28FN5O6/c1-10(28)24-16-13(25-20(22)23)7-15(32-18(16)17(30)14(29)9-27)19(31)26(2)8-11-3-5-12(21)6-4-11/h3-7,13-14,16-18,27,29-30H,8-9H2,1-2H3,(H,24,28)(H4,22,23,25)/t13-,14+,16+,17+,18+/m0/s1. The molecule has 12 heteroatoms. The van der Waals surface area contributed by atoms with Crippen molar-refractivity contribution in [3.8, 4) is 0 Å². The number of likely N-dealkylation sites (N-methyl/N-ethyl adjacent to an activating group) is 1. The zero-order chi connectivity index (χ0) is 24.0. The highest BCUT2D eigenvalue weighted by Gasteiger charge is 2.44. The Hall–Kier alpha value is -3.22. The van der Waals surface area contributed by atoms with Crippen LogP contribution in [0.5, 0.6) is 0 Å². The number of aliphatic imine (C=N–C) groups is 1.